The molecule has 1 fully saturated rings. The van der Waals surface area contributed by atoms with Crippen LogP contribution in [-0.2, 0) is 6.54 Å². The number of amides is 2. The maximum Gasteiger partial charge on any atom is 0.319 e. The Bertz CT molecular complexity index is 638. The third kappa shape index (κ3) is 4.22. The van der Waals surface area contributed by atoms with Gasteiger partial charge in [0, 0.05) is 19.3 Å². The normalized spacial score (nSPS) is 14.3. The third-order valence-corrected chi connectivity index (χ3v) is 4.01. The summed E-state index contributed by atoms with van der Waals surface area (Å²) in [5.74, 6) is 0. The van der Waals surface area contributed by atoms with Crippen molar-refractivity contribution in [2.45, 2.75) is 25.8 Å². The van der Waals surface area contributed by atoms with Gasteiger partial charge in [-0.2, -0.15) is 0 Å². The first-order valence-corrected chi connectivity index (χ1v) is 8.12. The summed E-state index contributed by atoms with van der Waals surface area (Å²) in [6.07, 6.45) is 5.43. The highest BCUT2D eigenvalue weighted by Gasteiger charge is 2.15. The Hall–Kier alpha value is -2.56. The van der Waals surface area contributed by atoms with Crippen LogP contribution in [0.1, 0.15) is 25.0 Å². The van der Waals surface area contributed by atoms with Gasteiger partial charge < -0.3 is 15.5 Å². The molecule has 1 saturated heterocycles. The van der Waals surface area contributed by atoms with E-state index in [4.69, 9.17) is 0 Å². The van der Waals surface area contributed by atoms with Crippen LogP contribution in [0.5, 0.6) is 0 Å². The van der Waals surface area contributed by atoms with Gasteiger partial charge in [-0.3, -0.25) is 4.98 Å². The average Bonchev–Trinajstić information content (AvgIpc) is 2.62. The lowest BCUT2D eigenvalue weighted by Crippen LogP contribution is -2.32. The minimum atomic E-state index is -0.208. The monoisotopic (exact) mass is 310 g/mol. The van der Waals surface area contributed by atoms with E-state index in [1.165, 1.54) is 19.3 Å². The maximum absolute atomic E-state index is 12.2. The highest BCUT2D eigenvalue weighted by Crippen LogP contribution is 2.28. The van der Waals surface area contributed by atoms with E-state index in [-0.39, 0.29) is 6.03 Å². The van der Waals surface area contributed by atoms with E-state index in [9.17, 15) is 4.79 Å². The SMILES string of the molecule is O=C(NCc1ccccn1)Nc1ccccc1N1CCCCC1. The van der Waals surface area contributed by atoms with Crippen molar-refractivity contribution in [3.63, 3.8) is 0 Å². The molecule has 5 nitrogen and oxygen atoms in total. The average molecular weight is 310 g/mol. The van der Waals surface area contributed by atoms with E-state index in [1.54, 1.807) is 6.20 Å². The van der Waals surface area contributed by atoms with Gasteiger partial charge in [0.2, 0.25) is 0 Å². The van der Waals surface area contributed by atoms with Crippen molar-refractivity contribution >= 4 is 17.4 Å². The number of pyridine rings is 1. The van der Waals surface area contributed by atoms with Crippen LogP contribution in [0.25, 0.3) is 0 Å². The molecule has 0 radical (unpaired) electrons. The number of anilines is 2. The lowest BCUT2D eigenvalue weighted by atomic mass is 10.1. The fourth-order valence-electron chi connectivity index (χ4n) is 2.83. The van der Waals surface area contributed by atoms with Gasteiger partial charge in [0.15, 0.2) is 0 Å². The molecule has 0 bridgehead atoms. The number of hydrogen-bond acceptors (Lipinski definition) is 3. The molecule has 0 aliphatic carbocycles. The second kappa shape index (κ2) is 7.63. The van der Waals surface area contributed by atoms with E-state index in [2.05, 4.69) is 26.6 Å². The number of piperidine rings is 1. The van der Waals surface area contributed by atoms with Crippen LogP contribution >= 0.6 is 0 Å². The summed E-state index contributed by atoms with van der Waals surface area (Å²) in [4.78, 5) is 18.7. The molecule has 0 saturated carbocycles. The maximum atomic E-state index is 12.2. The van der Waals surface area contributed by atoms with Crippen molar-refractivity contribution in [1.29, 1.82) is 0 Å². The Kier molecular flexibility index (Phi) is 5.09. The molecule has 3 rings (SSSR count). The Morgan fingerprint density at radius 3 is 2.61 bits per heavy atom. The Morgan fingerprint density at radius 2 is 1.83 bits per heavy atom. The van der Waals surface area contributed by atoms with Crippen molar-refractivity contribution < 1.29 is 4.79 Å². The van der Waals surface area contributed by atoms with E-state index in [1.807, 2.05) is 36.4 Å². The smallest absolute Gasteiger partial charge is 0.319 e. The lowest BCUT2D eigenvalue weighted by molar-refractivity contribution is 0.251. The van der Waals surface area contributed by atoms with Crippen LogP contribution in [0.4, 0.5) is 16.2 Å². The first-order chi connectivity index (χ1) is 11.3. The summed E-state index contributed by atoms with van der Waals surface area (Å²) in [7, 11) is 0. The molecular weight excluding hydrogens is 288 g/mol. The molecule has 1 aromatic heterocycles. The van der Waals surface area contributed by atoms with Gasteiger partial charge in [-0.05, 0) is 43.5 Å². The molecule has 120 valence electrons. The largest absolute Gasteiger partial charge is 0.370 e. The van der Waals surface area contributed by atoms with Gasteiger partial charge in [-0.25, -0.2) is 4.79 Å². The summed E-state index contributed by atoms with van der Waals surface area (Å²) in [5.41, 5.74) is 2.79. The number of rotatable bonds is 4. The molecule has 2 aromatic rings. The number of urea groups is 1. The number of hydrogen-bond donors (Lipinski definition) is 2. The van der Waals surface area contributed by atoms with Crippen molar-refractivity contribution in [1.82, 2.24) is 10.3 Å². The molecule has 0 unspecified atom stereocenters. The van der Waals surface area contributed by atoms with Crippen molar-refractivity contribution in [2.24, 2.45) is 0 Å². The summed E-state index contributed by atoms with van der Waals surface area (Å²) in [6.45, 7) is 2.51. The van der Waals surface area contributed by atoms with Crippen LogP contribution in [0.15, 0.2) is 48.7 Å². The first-order valence-electron chi connectivity index (χ1n) is 8.12. The fourth-order valence-corrected chi connectivity index (χ4v) is 2.83. The number of carbonyl (C=O) groups excluding carboxylic acids is 1. The molecule has 2 amide bonds. The zero-order valence-electron chi connectivity index (χ0n) is 13.2. The second-order valence-electron chi connectivity index (χ2n) is 5.69. The molecule has 2 heterocycles. The van der Waals surface area contributed by atoms with Gasteiger partial charge in [-0.1, -0.05) is 18.2 Å². The minimum Gasteiger partial charge on any atom is -0.370 e. The van der Waals surface area contributed by atoms with Crippen molar-refractivity contribution in [2.75, 3.05) is 23.3 Å². The highest BCUT2D eigenvalue weighted by molar-refractivity contribution is 5.93. The molecule has 0 atom stereocenters. The zero-order valence-corrected chi connectivity index (χ0v) is 13.2. The van der Waals surface area contributed by atoms with Crippen LogP contribution in [0.3, 0.4) is 0 Å². The van der Waals surface area contributed by atoms with E-state index >= 15 is 0 Å². The Balaban J connectivity index is 1.62. The van der Waals surface area contributed by atoms with Gasteiger partial charge in [0.05, 0.1) is 23.6 Å². The number of carbonyl (C=O) groups is 1. The van der Waals surface area contributed by atoms with E-state index in [0.29, 0.717) is 6.54 Å². The van der Waals surface area contributed by atoms with Gasteiger partial charge in [0.1, 0.15) is 0 Å². The van der Waals surface area contributed by atoms with E-state index in [0.717, 1.165) is 30.2 Å². The summed E-state index contributed by atoms with van der Waals surface area (Å²) in [5, 5.41) is 5.81. The summed E-state index contributed by atoms with van der Waals surface area (Å²) in [6, 6.07) is 13.4. The molecule has 0 spiro atoms. The molecule has 1 aliphatic heterocycles. The quantitative estimate of drug-likeness (QED) is 0.910. The summed E-state index contributed by atoms with van der Waals surface area (Å²) >= 11 is 0. The number of nitrogens with one attached hydrogen (secondary N) is 2. The summed E-state index contributed by atoms with van der Waals surface area (Å²) < 4.78 is 0. The van der Waals surface area contributed by atoms with Crippen LogP contribution in [-0.4, -0.2) is 24.1 Å². The van der Waals surface area contributed by atoms with Crippen LogP contribution in [0.2, 0.25) is 0 Å². The number of aromatic nitrogens is 1. The first kappa shape index (κ1) is 15.3. The fraction of sp³-hybridized carbons (Fsp3) is 0.333. The minimum absolute atomic E-state index is 0.208. The number of nitrogens with zero attached hydrogens (tertiary/aromatic N) is 2. The topological polar surface area (TPSA) is 57.3 Å². The molecule has 2 N–H and O–H groups in total. The lowest BCUT2D eigenvalue weighted by Gasteiger charge is -2.30. The second-order valence-corrected chi connectivity index (χ2v) is 5.69. The molecule has 23 heavy (non-hydrogen) atoms. The zero-order chi connectivity index (χ0) is 15.9. The van der Waals surface area contributed by atoms with Gasteiger partial charge in [0.25, 0.3) is 0 Å². The molecule has 1 aromatic carbocycles. The molecule has 1 aliphatic rings. The van der Waals surface area contributed by atoms with E-state index < -0.39 is 0 Å². The van der Waals surface area contributed by atoms with Gasteiger partial charge in [-0.15, -0.1) is 0 Å². The Morgan fingerprint density at radius 1 is 1.04 bits per heavy atom. The predicted molar refractivity (Wildman–Crippen MR) is 92.6 cm³/mol. The molecule has 5 heteroatoms. The van der Waals surface area contributed by atoms with Gasteiger partial charge >= 0.3 is 6.03 Å². The Labute approximate surface area is 136 Å². The van der Waals surface area contributed by atoms with Crippen LogP contribution in [0, 0.1) is 0 Å². The standard InChI is InChI=1S/C18H22N4O/c23-18(20-14-15-8-4-5-11-19-15)21-16-9-2-3-10-17(16)22-12-6-1-7-13-22/h2-5,8-11H,1,6-7,12-14H2,(H2,20,21,23). The number of para-hydroxylation sites is 2. The van der Waals surface area contributed by atoms with Crippen molar-refractivity contribution in [3.05, 3.63) is 54.4 Å². The van der Waals surface area contributed by atoms with Crippen molar-refractivity contribution in [3.8, 4) is 0 Å². The molecular formula is C18H22N4O. The third-order valence-electron chi connectivity index (χ3n) is 4.01. The number of benzene rings is 1. The predicted octanol–water partition coefficient (Wildman–Crippen LogP) is 3.39. The highest BCUT2D eigenvalue weighted by atomic mass is 16.2. The van der Waals surface area contributed by atoms with Crippen LogP contribution < -0.4 is 15.5 Å².